The van der Waals surface area contributed by atoms with Crippen LogP contribution in [0.4, 0.5) is 13.2 Å². The van der Waals surface area contributed by atoms with Crippen molar-refractivity contribution in [3.05, 3.63) is 119 Å². The zero-order valence-electron chi connectivity index (χ0n) is 17.0. The normalized spacial score (nSPS) is 17.2. The molecule has 1 atom stereocenters. The summed E-state index contributed by atoms with van der Waals surface area (Å²) in [7, 11) is 0. The predicted octanol–water partition coefficient (Wildman–Crippen LogP) is 4.88. The van der Waals surface area contributed by atoms with Crippen molar-refractivity contribution in [2.45, 2.75) is 12.5 Å². The molecule has 2 aromatic carbocycles. The van der Waals surface area contributed by atoms with Crippen LogP contribution in [0.2, 0.25) is 0 Å². The number of benzene rings is 2. The van der Waals surface area contributed by atoms with Crippen molar-refractivity contribution in [3.63, 3.8) is 0 Å². The molecule has 4 nitrogen and oxygen atoms in total. The van der Waals surface area contributed by atoms with Gasteiger partial charge in [0.1, 0.15) is 28.8 Å². The minimum Gasteiger partial charge on any atom is -0.383 e. The Hall–Kier alpha value is -4.00. The molecule has 3 heterocycles. The van der Waals surface area contributed by atoms with Crippen LogP contribution in [-0.4, -0.2) is 15.8 Å². The van der Waals surface area contributed by atoms with Crippen molar-refractivity contribution in [3.8, 4) is 11.1 Å². The van der Waals surface area contributed by atoms with E-state index in [-0.39, 0.29) is 17.0 Å². The van der Waals surface area contributed by atoms with E-state index in [1.54, 1.807) is 43.5 Å². The van der Waals surface area contributed by atoms with Gasteiger partial charge in [0.05, 0.1) is 11.8 Å². The highest BCUT2D eigenvalue weighted by Crippen LogP contribution is 2.48. The zero-order chi connectivity index (χ0) is 22.5. The minimum atomic E-state index is -1.43. The van der Waals surface area contributed by atoms with E-state index in [1.807, 2.05) is 0 Å². The van der Waals surface area contributed by atoms with Gasteiger partial charge < -0.3 is 5.73 Å². The molecule has 1 aliphatic rings. The lowest BCUT2D eigenvalue weighted by Gasteiger charge is -2.30. The molecule has 1 unspecified atom stereocenters. The van der Waals surface area contributed by atoms with E-state index in [0.29, 0.717) is 27.9 Å². The number of nitrogens with zero attached hydrogens (tertiary/aromatic N) is 3. The second-order valence-electron chi connectivity index (χ2n) is 7.64. The summed E-state index contributed by atoms with van der Waals surface area (Å²) in [5, 5.41) is 0. The molecule has 0 amide bonds. The number of hydrogen-bond donors (Lipinski definition) is 1. The van der Waals surface area contributed by atoms with Crippen molar-refractivity contribution in [1.29, 1.82) is 0 Å². The fourth-order valence-corrected chi connectivity index (χ4v) is 4.29. The summed E-state index contributed by atoms with van der Waals surface area (Å²) in [6.07, 6.45) is 4.17. The summed E-state index contributed by atoms with van der Waals surface area (Å²) in [4.78, 5) is 12.8. The molecule has 0 radical (unpaired) electrons. The first-order valence-electron chi connectivity index (χ1n) is 9.89. The molecule has 0 bridgehead atoms. The highest BCUT2D eigenvalue weighted by atomic mass is 19.1. The standard InChI is InChI=1S/C25H17F3N4/c1-14-9-17(7-8-31-14)25(19-3-2-4-22(28)23(19)24(29)32-25)20-11-15(5-6-21(20)27)16-10-18(26)13-30-12-16/h2-13H,1H3,(H2,29,32). The van der Waals surface area contributed by atoms with Crippen LogP contribution in [0.3, 0.4) is 0 Å². The quantitative estimate of drug-likeness (QED) is 0.504. The third-order valence-corrected chi connectivity index (χ3v) is 5.66. The zero-order valence-corrected chi connectivity index (χ0v) is 17.0. The SMILES string of the molecule is Cc1cc(C2(c3cc(-c4cncc(F)c4)ccc3F)N=C(N)c3c(F)cccc32)ccn1. The maximum atomic E-state index is 15.5. The van der Waals surface area contributed by atoms with Crippen LogP contribution in [0.25, 0.3) is 11.1 Å². The first-order chi connectivity index (χ1) is 15.4. The molecule has 4 aromatic rings. The van der Waals surface area contributed by atoms with E-state index in [4.69, 9.17) is 5.73 Å². The number of pyridine rings is 2. The Morgan fingerprint density at radius 2 is 1.69 bits per heavy atom. The second kappa shape index (κ2) is 7.30. The van der Waals surface area contributed by atoms with E-state index >= 15 is 4.39 Å². The van der Waals surface area contributed by atoms with Gasteiger partial charge >= 0.3 is 0 Å². The van der Waals surface area contributed by atoms with E-state index in [9.17, 15) is 8.78 Å². The topological polar surface area (TPSA) is 64.2 Å². The van der Waals surface area contributed by atoms with Gasteiger partial charge in [0.2, 0.25) is 0 Å². The molecule has 32 heavy (non-hydrogen) atoms. The molecule has 0 saturated heterocycles. The minimum absolute atomic E-state index is 0.0233. The Labute approximate surface area is 182 Å². The summed E-state index contributed by atoms with van der Waals surface area (Å²) in [5.74, 6) is -1.63. The molecular formula is C25H17F3N4. The molecule has 0 aliphatic carbocycles. The van der Waals surface area contributed by atoms with Gasteiger partial charge in [-0.15, -0.1) is 0 Å². The monoisotopic (exact) mass is 430 g/mol. The highest BCUT2D eigenvalue weighted by Gasteiger charge is 2.45. The number of halogens is 3. The van der Waals surface area contributed by atoms with Crippen LogP contribution < -0.4 is 5.73 Å². The summed E-state index contributed by atoms with van der Waals surface area (Å²) >= 11 is 0. The van der Waals surface area contributed by atoms with Crippen molar-refractivity contribution in [2.75, 3.05) is 0 Å². The highest BCUT2D eigenvalue weighted by molar-refractivity contribution is 6.03. The predicted molar refractivity (Wildman–Crippen MR) is 116 cm³/mol. The fraction of sp³-hybridized carbons (Fsp3) is 0.0800. The average Bonchev–Trinajstić information content (AvgIpc) is 3.08. The molecule has 0 spiro atoms. The Morgan fingerprint density at radius 3 is 2.47 bits per heavy atom. The Balaban J connectivity index is 1.86. The van der Waals surface area contributed by atoms with E-state index in [0.717, 1.165) is 6.20 Å². The molecule has 2 N–H and O–H groups in total. The Kier molecular flexibility index (Phi) is 4.55. The number of fused-ring (bicyclic) bond motifs is 1. The Morgan fingerprint density at radius 1 is 0.844 bits per heavy atom. The second-order valence-corrected chi connectivity index (χ2v) is 7.64. The largest absolute Gasteiger partial charge is 0.383 e. The summed E-state index contributed by atoms with van der Waals surface area (Å²) in [5.41, 5.74) is 7.75. The van der Waals surface area contributed by atoms with Gasteiger partial charge in [0, 0.05) is 34.8 Å². The van der Waals surface area contributed by atoms with Crippen molar-refractivity contribution >= 4 is 5.84 Å². The van der Waals surface area contributed by atoms with Crippen LogP contribution in [0.1, 0.15) is 27.9 Å². The summed E-state index contributed by atoms with van der Waals surface area (Å²) < 4.78 is 44.0. The number of hydrogen-bond acceptors (Lipinski definition) is 4. The van der Waals surface area contributed by atoms with Crippen LogP contribution in [0.5, 0.6) is 0 Å². The van der Waals surface area contributed by atoms with Gasteiger partial charge in [-0.3, -0.25) is 9.97 Å². The van der Waals surface area contributed by atoms with E-state index < -0.39 is 23.0 Å². The first-order valence-corrected chi connectivity index (χ1v) is 9.89. The van der Waals surface area contributed by atoms with Crippen molar-refractivity contribution in [1.82, 2.24) is 9.97 Å². The van der Waals surface area contributed by atoms with Gasteiger partial charge in [-0.2, -0.15) is 0 Å². The lowest BCUT2D eigenvalue weighted by molar-refractivity contribution is 0.557. The number of rotatable bonds is 3. The third kappa shape index (κ3) is 2.97. The number of aryl methyl sites for hydroxylation is 1. The van der Waals surface area contributed by atoms with E-state index in [1.165, 1.54) is 30.5 Å². The molecule has 2 aromatic heterocycles. The maximum Gasteiger partial charge on any atom is 0.142 e. The number of amidine groups is 1. The van der Waals surface area contributed by atoms with Crippen LogP contribution in [-0.2, 0) is 5.54 Å². The number of nitrogens with two attached hydrogens (primary N) is 1. The maximum absolute atomic E-state index is 15.5. The molecule has 5 rings (SSSR count). The number of aromatic nitrogens is 2. The summed E-state index contributed by atoms with van der Waals surface area (Å²) in [6.45, 7) is 1.80. The lowest BCUT2D eigenvalue weighted by atomic mass is 9.76. The molecule has 0 fully saturated rings. The van der Waals surface area contributed by atoms with Gasteiger partial charge in [-0.25, -0.2) is 18.2 Å². The van der Waals surface area contributed by atoms with Gasteiger partial charge in [0.15, 0.2) is 0 Å². The lowest BCUT2D eigenvalue weighted by Crippen LogP contribution is -2.27. The Bertz CT molecular complexity index is 1400. The van der Waals surface area contributed by atoms with Gasteiger partial charge in [-0.05, 0) is 54.4 Å². The smallest absolute Gasteiger partial charge is 0.142 e. The third-order valence-electron chi connectivity index (χ3n) is 5.66. The average molecular weight is 430 g/mol. The molecule has 1 aliphatic heterocycles. The van der Waals surface area contributed by atoms with E-state index in [2.05, 4.69) is 15.0 Å². The first kappa shape index (κ1) is 19.9. The van der Waals surface area contributed by atoms with Gasteiger partial charge in [-0.1, -0.05) is 18.2 Å². The van der Waals surface area contributed by atoms with Crippen LogP contribution >= 0.6 is 0 Å². The van der Waals surface area contributed by atoms with Crippen LogP contribution in [0.15, 0.2) is 78.2 Å². The number of aliphatic imine (C=N–C) groups is 1. The van der Waals surface area contributed by atoms with Crippen molar-refractivity contribution in [2.24, 2.45) is 10.7 Å². The van der Waals surface area contributed by atoms with Crippen molar-refractivity contribution < 1.29 is 13.2 Å². The molecule has 7 heteroatoms. The fourth-order valence-electron chi connectivity index (χ4n) is 4.29. The molecule has 0 saturated carbocycles. The van der Waals surface area contributed by atoms with Crippen LogP contribution in [0, 0.1) is 24.4 Å². The summed E-state index contributed by atoms with van der Waals surface area (Å²) in [6, 6.07) is 13.7. The molecular weight excluding hydrogens is 413 g/mol. The molecule has 158 valence electrons. The van der Waals surface area contributed by atoms with Gasteiger partial charge in [0.25, 0.3) is 0 Å².